The lowest BCUT2D eigenvalue weighted by atomic mass is 9.97. The van der Waals surface area contributed by atoms with Gasteiger partial charge in [-0.2, -0.15) is 0 Å². The highest BCUT2D eigenvalue weighted by atomic mass is 32.1. The maximum absolute atomic E-state index is 12.9. The van der Waals surface area contributed by atoms with Crippen LogP contribution in [0.25, 0.3) is 33.8 Å². The van der Waals surface area contributed by atoms with Gasteiger partial charge in [-0.1, -0.05) is 60.7 Å². The van der Waals surface area contributed by atoms with Crippen molar-refractivity contribution >= 4 is 24.4 Å². The molecule has 0 saturated carbocycles. The second kappa shape index (κ2) is 9.29. The fourth-order valence-electron chi connectivity index (χ4n) is 3.71. The number of nitrogens with one attached hydrogen (secondary N) is 1. The van der Waals surface area contributed by atoms with Gasteiger partial charge in [0, 0.05) is 27.1 Å². The molecule has 6 heteroatoms. The van der Waals surface area contributed by atoms with Crippen molar-refractivity contribution in [2.45, 2.75) is 4.90 Å². The molecule has 1 heterocycles. The molecular formula is C28H20N2O3S. The fourth-order valence-corrected chi connectivity index (χ4v) is 3.85. The molecule has 0 atom stereocenters. The number of para-hydroxylation sites is 1. The SMILES string of the molecule is O=C(Nc1oc(-c2ccc(S)cc2)nc1-c1ccccc1-c1ccccc1O)c1ccccc1. The summed E-state index contributed by atoms with van der Waals surface area (Å²) in [6, 6.07) is 31.0. The summed E-state index contributed by atoms with van der Waals surface area (Å²) in [4.78, 5) is 18.5. The molecule has 5 rings (SSSR count). The van der Waals surface area contributed by atoms with Crippen molar-refractivity contribution in [1.29, 1.82) is 0 Å². The Kier molecular flexibility index (Phi) is 5.89. The van der Waals surface area contributed by atoms with Crippen molar-refractivity contribution in [1.82, 2.24) is 4.98 Å². The number of amides is 1. The van der Waals surface area contributed by atoms with E-state index in [0.29, 0.717) is 28.3 Å². The van der Waals surface area contributed by atoms with Crippen LogP contribution in [-0.2, 0) is 0 Å². The molecule has 4 aromatic carbocycles. The summed E-state index contributed by atoms with van der Waals surface area (Å²) in [5.74, 6) is 0.425. The van der Waals surface area contributed by atoms with Gasteiger partial charge in [-0.15, -0.1) is 12.6 Å². The zero-order valence-corrected chi connectivity index (χ0v) is 18.9. The van der Waals surface area contributed by atoms with Gasteiger partial charge < -0.3 is 9.52 Å². The van der Waals surface area contributed by atoms with Gasteiger partial charge in [-0.05, 0) is 48.0 Å². The van der Waals surface area contributed by atoms with E-state index < -0.39 is 0 Å². The molecular weight excluding hydrogens is 444 g/mol. The highest BCUT2D eigenvalue weighted by molar-refractivity contribution is 7.80. The van der Waals surface area contributed by atoms with Crippen LogP contribution in [0.4, 0.5) is 5.88 Å². The van der Waals surface area contributed by atoms with Crippen LogP contribution in [0.5, 0.6) is 5.75 Å². The maximum atomic E-state index is 12.9. The zero-order chi connectivity index (χ0) is 23.5. The van der Waals surface area contributed by atoms with Gasteiger partial charge in [0.1, 0.15) is 11.4 Å². The topological polar surface area (TPSA) is 75.4 Å². The molecule has 1 amide bonds. The molecule has 0 saturated heterocycles. The third-order valence-electron chi connectivity index (χ3n) is 5.38. The Labute approximate surface area is 202 Å². The van der Waals surface area contributed by atoms with E-state index in [1.165, 1.54) is 0 Å². The van der Waals surface area contributed by atoms with Gasteiger partial charge in [0.25, 0.3) is 5.91 Å². The number of aromatic nitrogens is 1. The van der Waals surface area contributed by atoms with Crippen LogP contribution >= 0.6 is 12.6 Å². The molecule has 166 valence electrons. The molecule has 0 fully saturated rings. The van der Waals surface area contributed by atoms with Crippen LogP contribution in [0.2, 0.25) is 0 Å². The van der Waals surface area contributed by atoms with E-state index >= 15 is 0 Å². The number of hydrogen-bond donors (Lipinski definition) is 3. The predicted molar refractivity (Wildman–Crippen MR) is 136 cm³/mol. The number of oxazole rings is 1. The lowest BCUT2D eigenvalue weighted by molar-refractivity contribution is 0.102. The number of anilines is 1. The normalized spacial score (nSPS) is 10.7. The van der Waals surface area contributed by atoms with Crippen molar-refractivity contribution in [3.8, 4) is 39.6 Å². The van der Waals surface area contributed by atoms with Crippen molar-refractivity contribution in [2.75, 3.05) is 5.32 Å². The molecule has 34 heavy (non-hydrogen) atoms. The quantitative estimate of drug-likeness (QED) is 0.247. The Bertz CT molecular complexity index is 1460. The minimum Gasteiger partial charge on any atom is -0.507 e. The summed E-state index contributed by atoms with van der Waals surface area (Å²) in [6.07, 6.45) is 0. The molecule has 0 bridgehead atoms. The number of hydrogen-bond acceptors (Lipinski definition) is 5. The summed E-state index contributed by atoms with van der Waals surface area (Å²) in [5, 5.41) is 13.4. The minimum atomic E-state index is -0.310. The Morgan fingerprint density at radius 1 is 0.765 bits per heavy atom. The molecule has 5 aromatic rings. The van der Waals surface area contributed by atoms with E-state index in [1.807, 2.05) is 66.7 Å². The van der Waals surface area contributed by atoms with E-state index in [-0.39, 0.29) is 17.5 Å². The van der Waals surface area contributed by atoms with Gasteiger partial charge in [0.2, 0.25) is 11.8 Å². The molecule has 1 aromatic heterocycles. The average Bonchev–Trinajstić information content (AvgIpc) is 3.29. The summed E-state index contributed by atoms with van der Waals surface area (Å²) in [7, 11) is 0. The largest absolute Gasteiger partial charge is 0.507 e. The zero-order valence-electron chi connectivity index (χ0n) is 18.0. The summed E-state index contributed by atoms with van der Waals surface area (Å²) < 4.78 is 6.08. The third-order valence-corrected chi connectivity index (χ3v) is 5.68. The third kappa shape index (κ3) is 4.31. The van der Waals surface area contributed by atoms with E-state index in [9.17, 15) is 9.90 Å². The Morgan fingerprint density at radius 2 is 1.38 bits per heavy atom. The number of phenols is 1. The highest BCUT2D eigenvalue weighted by Crippen LogP contribution is 2.40. The van der Waals surface area contributed by atoms with Crippen molar-refractivity contribution in [2.24, 2.45) is 0 Å². The van der Waals surface area contributed by atoms with Crippen LogP contribution in [0, 0.1) is 0 Å². The van der Waals surface area contributed by atoms with Crippen molar-refractivity contribution < 1.29 is 14.3 Å². The number of carbonyl (C=O) groups is 1. The molecule has 2 N–H and O–H groups in total. The van der Waals surface area contributed by atoms with Gasteiger partial charge in [-0.3, -0.25) is 10.1 Å². The Balaban J connectivity index is 1.65. The first-order valence-electron chi connectivity index (χ1n) is 10.6. The molecule has 0 unspecified atom stereocenters. The number of thiol groups is 1. The predicted octanol–water partition coefficient (Wildman–Crippen LogP) is 6.92. The fraction of sp³-hybridized carbons (Fsp3) is 0. The number of nitrogens with zero attached hydrogens (tertiary/aromatic N) is 1. The first kappa shape index (κ1) is 21.6. The van der Waals surface area contributed by atoms with E-state index in [2.05, 4.69) is 17.9 Å². The Hall–Kier alpha value is -4.29. The van der Waals surface area contributed by atoms with E-state index in [1.54, 1.807) is 36.4 Å². The lowest BCUT2D eigenvalue weighted by Crippen LogP contribution is -2.11. The average molecular weight is 465 g/mol. The summed E-state index contributed by atoms with van der Waals surface area (Å²) >= 11 is 4.34. The Morgan fingerprint density at radius 3 is 2.09 bits per heavy atom. The van der Waals surface area contributed by atoms with E-state index in [4.69, 9.17) is 9.40 Å². The molecule has 0 aliphatic rings. The van der Waals surface area contributed by atoms with Crippen LogP contribution in [0.1, 0.15) is 10.4 Å². The lowest BCUT2D eigenvalue weighted by Gasteiger charge is -2.11. The second-order valence-electron chi connectivity index (χ2n) is 7.63. The van der Waals surface area contributed by atoms with Crippen LogP contribution in [0.3, 0.4) is 0 Å². The van der Waals surface area contributed by atoms with Crippen LogP contribution in [0.15, 0.2) is 112 Å². The summed E-state index contributed by atoms with van der Waals surface area (Å²) in [5.41, 5.74) is 3.85. The smallest absolute Gasteiger partial charge is 0.258 e. The number of aromatic hydroxyl groups is 1. The monoisotopic (exact) mass is 464 g/mol. The second-order valence-corrected chi connectivity index (χ2v) is 8.14. The number of rotatable bonds is 5. The molecule has 0 radical (unpaired) electrons. The van der Waals surface area contributed by atoms with Gasteiger partial charge in [-0.25, -0.2) is 4.98 Å². The minimum absolute atomic E-state index is 0.151. The van der Waals surface area contributed by atoms with Gasteiger partial charge in [0.15, 0.2) is 0 Å². The first-order valence-corrected chi connectivity index (χ1v) is 11.1. The van der Waals surface area contributed by atoms with Crippen molar-refractivity contribution in [3.05, 3.63) is 109 Å². The molecule has 0 aliphatic heterocycles. The standard InChI is InChI=1S/C28H20N2O3S/c31-24-13-7-6-11-22(24)21-10-4-5-12-23(21)25-28(30-26(32)18-8-2-1-3-9-18)33-27(29-25)19-14-16-20(34)17-15-19/h1-17,31,34H,(H,30,32). The highest BCUT2D eigenvalue weighted by Gasteiger charge is 2.22. The van der Waals surface area contributed by atoms with Gasteiger partial charge >= 0.3 is 0 Å². The molecule has 0 aliphatic carbocycles. The first-order chi connectivity index (χ1) is 16.6. The molecule has 0 spiro atoms. The number of phenolic OH excluding ortho intramolecular Hbond substituents is 1. The van der Waals surface area contributed by atoms with Crippen molar-refractivity contribution in [3.63, 3.8) is 0 Å². The summed E-state index contributed by atoms with van der Waals surface area (Å²) in [6.45, 7) is 0. The number of benzene rings is 4. The van der Waals surface area contributed by atoms with Crippen LogP contribution in [-0.4, -0.2) is 16.0 Å². The molecule has 5 nitrogen and oxygen atoms in total. The van der Waals surface area contributed by atoms with E-state index in [0.717, 1.165) is 16.0 Å². The van der Waals surface area contributed by atoms with Crippen LogP contribution < -0.4 is 5.32 Å². The maximum Gasteiger partial charge on any atom is 0.258 e. The number of carbonyl (C=O) groups excluding carboxylic acids is 1. The van der Waals surface area contributed by atoms with Gasteiger partial charge in [0.05, 0.1) is 0 Å².